The van der Waals surface area contributed by atoms with Crippen LogP contribution in [0.5, 0.6) is 5.75 Å². The number of anilines is 1. The summed E-state index contributed by atoms with van der Waals surface area (Å²) >= 11 is 26.9. The minimum Gasteiger partial charge on any atom is -0.508 e. The Hall–Kier alpha value is -0.650. The Morgan fingerprint density at radius 1 is 1.09 bits per heavy atom. The Kier molecular flexibility index (Phi) is 6.09. The molecule has 1 atom stereocenters. The van der Waals surface area contributed by atoms with Gasteiger partial charge in [0.2, 0.25) is 0 Å². The number of benzene rings is 2. The van der Waals surface area contributed by atoms with Gasteiger partial charge >= 0.3 is 0 Å². The van der Waals surface area contributed by atoms with Crippen molar-refractivity contribution in [1.29, 1.82) is 0 Å². The van der Waals surface area contributed by atoms with Crippen LogP contribution in [0.15, 0.2) is 53.0 Å². The Bertz CT molecular complexity index is 703. The lowest BCUT2D eigenvalue weighted by Crippen LogP contribution is -2.40. The lowest BCUT2D eigenvalue weighted by Gasteiger charge is -2.30. The molecule has 2 aromatic carbocycles. The van der Waals surface area contributed by atoms with Gasteiger partial charge in [0, 0.05) is 15.7 Å². The molecule has 0 unspecified atom stereocenters. The van der Waals surface area contributed by atoms with Crippen LogP contribution in [-0.4, -0.2) is 14.8 Å². The topological polar surface area (TPSA) is 40.5 Å². The van der Waals surface area contributed by atoms with E-state index >= 15 is 0 Å². The third kappa shape index (κ3) is 4.46. The summed E-state index contributed by atoms with van der Waals surface area (Å²) < 4.78 is -1.37. The molecule has 0 bridgehead atoms. The molecular weight excluding hydrogens is 448 g/mol. The van der Waals surface area contributed by atoms with Gasteiger partial charge in [0.15, 0.2) is 0 Å². The quantitative estimate of drug-likeness (QED) is 0.467. The van der Waals surface area contributed by atoms with Crippen LogP contribution in [0.3, 0.4) is 0 Å². The van der Waals surface area contributed by atoms with E-state index in [2.05, 4.69) is 15.9 Å². The fourth-order valence-corrected chi connectivity index (χ4v) is 2.84. The van der Waals surface area contributed by atoms with E-state index in [0.717, 1.165) is 9.37 Å². The zero-order valence-electron chi connectivity index (χ0n) is 11.4. The number of aromatic hydroxyl groups is 1. The number of phenolic OH excluding ortho intramolecular Hbond substituents is 1. The number of rotatable bonds is 3. The maximum Gasteiger partial charge on any atom is 0.280 e. The predicted octanol–water partition coefficient (Wildman–Crippen LogP) is 5.80. The number of phenols is 1. The number of nitrogens with zero attached hydrogens (tertiary/aromatic N) is 1. The second-order valence-corrected chi connectivity index (χ2v) is 8.15. The molecule has 0 saturated heterocycles. The summed E-state index contributed by atoms with van der Waals surface area (Å²) in [6.45, 7) is 0. The number of hydrogen-bond acceptors (Lipinski definition) is 2. The number of alkyl halides is 4. The smallest absolute Gasteiger partial charge is 0.280 e. The highest BCUT2D eigenvalue weighted by molar-refractivity contribution is 9.10. The summed E-state index contributed by atoms with van der Waals surface area (Å²) in [6.07, 6.45) is 0. The molecule has 0 fully saturated rings. The average molecular weight is 458 g/mol. The van der Waals surface area contributed by atoms with Gasteiger partial charge in [0.05, 0.1) is 0 Å². The number of hydrogen-bond donors (Lipinski definition) is 1. The summed E-state index contributed by atoms with van der Waals surface area (Å²) in [5.41, 5.74) is -0.312. The standard InChI is InChI=1S/C15H10BrCl4NO2/c16-9-5-7-10(8-6-9)21(14(23)15(18,19)20)13(17)11-3-1-2-4-12(11)22/h1-8,13,22H/t13-/m1/s1. The van der Waals surface area contributed by atoms with Crippen LogP contribution in [0.25, 0.3) is 0 Å². The van der Waals surface area contributed by atoms with Gasteiger partial charge in [-0.05, 0) is 30.3 Å². The molecular formula is C15H10BrCl4NO2. The highest BCUT2D eigenvalue weighted by Gasteiger charge is 2.39. The fourth-order valence-electron chi connectivity index (χ4n) is 1.92. The van der Waals surface area contributed by atoms with E-state index in [0.29, 0.717) is 11.3 Å². The first-order chi connectivity index (χ1) is 10.7. The molecule has 23 heavy (non-hydrogen) atoms. The van der Waals surface area contributed by atoms with Crippen LogP contribution >= 0.6 is 62.3 Å². The van der Waals surface area contributed by atoms with Crippen molar-refractivity contribution in [3.05, 3.63) is 58.6 Å². The monoisotopic (exact) mass is 455 g/mol. The SMILES string of the molecule is O=C(N(c1ccc(Br)cc1)[C@@H](Cl)c1ccccc1O)C(Cl)(Cl)Cl. The summed E-state index contributed by atoms with van der Waals surface area (Å²) in [5, 5.41) is 9.98. The zero-order chi connectivity index (χ0) is 17.2. The molecule has 0 aliphatic rings. The first kappa shape index (κ1) is 18.7. The summed E-state index contributed by atoms with van der Waals surface area (Å²) in [6, 6.07) is 13.1. The molecule has 122 valence electrons. The first-order valence-electron chi connectivity index (χ1n) is 6.29. The summed E-state index contributed by atoms with van der Waals surface area (Å²) in [4.78, 5) is 13.6. The molecule has 1 N–H and O–H groups in total. The van der Waals surface area contributed by atoms with Gasteiger partial charge in [-0.2, -0.15) is 0 Å². The van der Waals surface area contributed by atoms with E-state index in [-0.39, 0.29) is 5.75 Å². The van der Waals surface area contributed by atoms with E-state index in [4.69, 9.17) is 46.4 Å². The molecule has 2 rings (SSSR count). The van der Waals surface area contributed by atoms with Crippen LogP contribution in [0.4, 0.5) is 5.69 Å². The average Bonchev–Trinajstić information content (AvgIpc) is 2.48. The highest BCUT2D eigenvalue weighted by Crippen LogP contribution is 2.40. The minimum absolute atomic E-state index is 0.0632. The maximum absolute atomic E-state index is 12.5. The van der Waals surface area contributed by atoms with Crippen molar-refractivity contribution in [2.24, 2.45) is 0 Å². The fraction of sp³-hybridized carbons (Fsp3) is 0.133. The van der Waals surface area contributed by atoms with Crippen LogP contribution in [0.2, 0.25) is 0 Å². The third-order valence-electron chi connectivity index (χ3n) is 2.99. The second kappa shape index (κ2) is 7.49. The second-order valence-electron chi connectivity index (χ2n) is 4.54. The van der Waals surface area contributed by atoms with Crippen LogP contribution in [0, 0.1) is 0 Å². The van der Waals surface area contributed by atoms with Crippen molar-refractivity contribution in [3.63, 3.8) is 0 Å². The van der Waals surface area contributed by atoms with E-state index in [1.807, 2.05) is 0 Å². The van der Waals surface area contributed by atoms with Crippen LogP contribution in [-0.2, 0) is 4.79 Å². The van der Waals surface area contributed by atoms with Crippen molar-refractivity contribution in [3.8, 4) is 5.75 Å². The maximum atomic E-state index is 12.5. The number of amides is 1. The molecule has 2 aromatic rings. The Labute approximate surface area is 161 Å². The van der Waals surface area contributed by atoms with Crippen molar-refractivity contribution < 1.29 is 9.90 Å². The Balaban J connectivity index is 2.51. The highest BCUT2D eigenvalue weighted by atomic mass is 79.9. The molecule has 8 heteroatoms. The molecule has 0 spiro atoms. The van der Waals surface area contributed by atoms with Crippen LogP contribution < -0.4 is 4.90 Å². The predicted molar refractivity (Wildman–Crippen MR) is 98.6 cm³/mol. The molecule has 0 saturated carbocycles. The van der Waals surface area contributed by atoms with Gasteiger partial charge in [-0.3, -0.25) is 9.69 Å². The molecule has 0 aliphatic heterocycles. The van der Waals surface area contributed by atoms with Crippen molar-refractivity contribution in [2.75, 3.05) is 4.90 Å². The van der Waals surface area contributed by atoms with E-state index in [1.165, 1.54) is 6.07 Å². The summed E-state index contributed by atoms with van der Waals surface area (Å²) in [5.74, 6) is -0.889. The normalized spacial score (nSPS) is 12.7. The van der Waals surface area contributed by atoms with Gasteiger partial charge in [-0.1, -0.05) is 80.5 Å². The number of carbonyl (C=O) groups is 1. The van der Waals surface area contributed by atoms with E-state index in [9.17, 15) is 9.90 Å². The third-order valence-corrected chi connectivity index (χ3v) is 4.43. The van der Waals surface area contributed by atoms with Gasteiger partial charge in [0.1, 0.15) is 11.3 Å². The summed E-state index contributed by atoms with van der Waals surface area (Å²) in [7, 11) is 0. The lowest BCUT2D eigenvalue weighted by atomic mass is 10.1. The van der Waals surface area contributed by atoms with Gasteiger partial charge in [-0.15, -0.1) is 0 Å². The lowest BCUT2D eigenvalue weighted by molar-refractivity contribution is -0.118. The largest absolute Gasteiger partial charge is 0.508 e. The van der Waals surface area contributed by atoms with Crippen molar-refractivity contribution >= 4 is 73.9 Å². The van der Waals surface area contributed by atoms with E-state index < -0.39 is 15.2 Å². The molecule has 0 aromatic heterocycles. The minimum atomic E-state index is -2.19. The zero-order valence-corrected chi connectivity index (χ0v) is 16.0. The van der Waals surface area contributed by atoms with Gasteiger partial charge < -0.3 is 5.11 Å². The molecule has 3 nitrogen and oxygen atoms in total. The Morgan fingerprint density at radius 2 is 1.65 bits per heavy atom. The van der Waals surface area contributed by atoms with Crippen LogP contribution in [0.1, 0.15) is 11.1 Å². The molecule has 0 heterocycles. The van der Waals surface area contributed by atoms with Gasteiger partial charge in [-0.25, -0.2) is 0 Å². The molecule has 1 amide bonds. The molecule has 0 radical (unpaired) electrons. The van der Waals surface area contributed by atoms with Crippen molar-refractivity contribution in [1.82, 2.24) is 0 Å². The Morgan fingerprint density at radius 3 is 2.17 bits per heavy atom. The number of para-hydroxylation sites is 1. The number of carbonyl (C=O) groups excluding carboxylic acids is 1. The molecule has 0 aliphatic carbocycles. The van der Waals surface area contributed by atoms with Gasteiger partial charge in [0.25, 0.3) is 9.70 Å². The number of halogens is 5. The van der Waals surface area contributed by atoms with E-state index in [1.54, 1.807) is 42.5 Å². The van der Waals surface area contributed by atoms with Crippen molar-refractivity contribution in [2.45, 2.75) is 9.29 Å². The first-order valence-corrected chi connectivity index (χ1v) is 8.66.